The third-order valence-electron chi connectivity index (χ3n) is 4.14. The van der Waals surface area contributed by atoms with Crippen LogP contribution in [-0.4, -0.2) is 35.6 Å². The Morgan fingerprint density at radius 3 is 2.11 bits per heavy atom. The van der Waals surface area contributed by atoms with E-state index in [1.165, 1.54) is 19.3 Å². The molecule has 1 atom stereocenters. The third-order valence-corrected chi connectivity index (χ3v) is 4.14. The van der Waals surface area contributed by atoms with Gasteiger partial charge in [0.2, 0.25) is 0 Å². The number of aliphatic carboxylic acids is 1. The first-order chi connectivity index (χ1) is 8.02. The summed E-state index contributed by atoms with van der Waals surface area (Å²) in [5, 5.41) is 9.01. The number of hydrogen-bond acceptors (Lipinski definition) is 2. The summed E-state index contributed by atoms with van der Waals surface area (Å²) >= 11 is 0. The second-order valence-corrected chi connectivity index (χ2v) is 7.75. The molecule has 1 rings (SSSR count). The molecule has 1 aliphatic carbocycles. The van der Waals surface area contributed by atoms with Crippen molar-refractivity contribution in [2.24, 2.45) is 16.7 Å². The van der Waals surface area contributed by atoms with Gasteiger partial charge in [0.05, 0.1) is 5.92 Å². The molecule has 0 aromatic rings. The highest BCUT2D eigenvalue weighted by Gasteiger charge is 2.40. The maximum absolute atomic E-state index is 10.9. The predicted molar refractivity (Wildman–Crippen MR) is 74.6 cm³/mol. The molecule has 0 amide bonds. The third kappa shape index (κ3) is 4.27. The summed E-state index contributed by atoms with van der Waals surface area (Å²) in [6.45, 7) is 11.7. The number of carboxylic acid groups (broad SMARTS) is 1. The van der Waals surface area contributed by atoms with Gasteiger partial charge in [-0.1, -0.05) is 34.6 Å². The zero-order chi connectivity index (χ0) is 14.1. The molecule has 0 aliphatic heterocycles. The highest BCUT2D eigenvalue weighted by Crippen LogP contribution is 2.46. The van der Waals surface area contributed by atoms with Crippen molar-refractivity contribution >= 4 is 5.97 Å². The Morgan fingerprint density at radius 2 is 1.72 bits per heavy atom. The van der Waals surface area contributed by atoms with Crippen LogP contribution in [0.25, 0.3) is 0 Å². The van der Waals surface area contributed by atoms with Crippen LogP contribution < -0.4 is 0 Å². The fourth-order valence-corrected chi connectivity index (χ4v) is 3.76. The van der Waals surface area contributed by atoms with Gasteiger partial charge in [0, 0.05) is 12.6 Å². The van der Waals surface area contributed by atoms with Crippen molar-refractivity contribution in [3.05, 3.63) is 0 Å². The largest absolute Gasteiger partial charge is 0.481 e. The zero-order valence-corrected chi connectivity index (χ0v) is 12.8. The molecule has 1 aliphatic rings. The lowest BCUT2D eigenvalue weighted by molar-refractivity contribution is -0.142. The zero-order valence-electron chi connectivity index (χ0n) is 12.8. The number of carbonyl (C=O) groups is 1. The first-order valence-electron chi connectivity index (χ1n) is 6.95. The van der Waals surface area contributed by atoms with Gasteiger partial charge in [0.15, 0.2) is 0 Å². The van der Waals surface area contributed by atoms with Gasteiger partial charge in [-0.25, -0.2) is 0 Å². The van der Waals surface area contributed by atoms with E-state index in [0.29, 0.717) is 23.4 Å². The Morgan fingerprint density at radius 1 is 1.28 bits per heavy atom. The fraction of sp³-hybridized carbons (Fsp3) is 0.933. The van der Waals surface area contributed by atoms with E-state index in [1.54, 1.807) is 6.92 Å². The molecule has 0 heterocycles. The van der Waals surface area contributed by atoms with Crippen molar-refractivity contribution in [2.45, 2.75) is 59.9 Å². The van der Waals surface area contributed by atoms with E-state index in [-0.39, 0.29) is 5.92 Å². The quantitative estimate of drug-likeness (QED) is 0.838. The molecule has 1 saturated carbocycles. The van der Waals surface area contributed by atoms with E-state index in [2.05, 4.69) is 39.6 Å². The summed E-state index contributed by atoms with van der Waals surface area (Å²) in [7, 11) is 2.07. The van der Waals surface area contributed by atoms with Gasteiger partial charge in [-0.2, -0.15) is 0 Å². The number of hydrogen-bond donors (Lipinski definition) is 1. The molecule has 0 bridgehead atoms. The van der Waals surface area contributed by atoms with Crippen LogP contribution in [0.15, 0.2) is 0 Å². The summed E-state index contributed by atoms with van der Waals surface area (Å²) < 4.78 is 0. The first-order valence-corrected chi connectivity index (χ1v) is 6.95. The van der Waals surface area contributed by atoms with E-state index in [1.807, 2.05) is 0 Å². The molecule has 0 aromatic heterocycles. The van der Waals surface area contributed by atoms with Gasteiger partial charge in [0.25, 0.3) is 0 Å². The van der Waals surface area contributed by atoms with Crippen LogP contribution in [0.4, 0.5) is 0 Å². The fourth-order valence-electron chi connectivity index (χ4n) is 3.76. The van der Waals surface area contributed by atoms with Crippen molar-refractivity contribution in [3.63, 3.8) is 0 Å². The summed E-state index contributed by atoms with van der Waals surface area (Å²) in [6, 6.07) is 0.505. The van der Waals surface area contributed by atoms with Crippen molar-refractivity contribution in [3.8, 4) is 0 Å². The van der Waals surface area contributed by atoms with E-state index >= 15 is 0 Å². The predicted octanol–water partition coefficient (Wildman–Crippen LogP) is 3.24. The van der Waals surface area contributed by atoms with Crippen LogP contribution in [0.1, 0.15) is 53.9 Å². The van der Waals surface area contributed by atoms with E-state index in [4.69, 9.17) is 5.11 Å². The molecule has 3 heteroatoms. The van der Waals surface area contributed by atoms with Gasteiger partial charge in [-0.15, -0.1) is 0 Å². The molecular weight excluding hydrogens is 226 g/mol. The Balaban J connectivity index is 2.67. The van der Waals surface area contributed by atoms with Crippen LogP contribution >= 0.6 is 0 Å². The average Bonchev–Trinajstić information content (AvgIpc) is 2.12. The molecule has 0 spiro atoms. The van der Waals surface area contributed by atoms with Crippen molar-refractivity contribution < 1.29 is 9.90 Å². The van der Waals surface area contributed by atoms with Crippen LogP contribution in [0.5, 0.6) is 0 Å². The lowest BCUT2D eigenvalue weighted by atomic mass is 9.63. The van der Waals surface area contributed by atoms with Crippen molar-refractivity contribution in [1.82, 2.24) is 4.90 Å². The second kappa shape index (κ2) is 5.20. The molecule has 0 saturated heterocycles. The van der Waals surface area contributed by atoms with Gasteiger partial charge < -0.3 is 10.0 Å². The van der Waals surface area contributed by atoms with E-state index in [0.717, 1.165) is 0 Å². The van der Waals surface area contributed by atoms with Gasteiger partial charge in [0.1, 0.15) is 0 Å². The van der Waals surface area contributed by atoms with Crippen molar-refractivity contribution in [2.75, 3.05) is 13.6 Å². The molecule has 18 heavy (non-hydrogen) atoms. The molecule has 0 radical (unpaired) electrons. The van der Waals surface area contributed by atoms with Crippen LogP contribution in [-0.2, 0) is 4.79 Å². The van der Waals surface area contributed by atoms with E-state index < -0.39 is 5.97 Å². The number of carboxylic acids is 1. The summed E-state index contributed by atoms with van der Waals surface area (Å²) in [4.78, 5) is 13.2. The standard InChI is InChI=1S/C15H29NO2/c1-11(13(17)18)9-16(6)12-7-14(2,3)10-15(4,5)8-12/h11-12H,7-10H2,1-6H3,(H,17,18). The molecule has 106 valence electrons. The SMILES string of the molecule is CC(CN(C)C1CC(C)(C)CC(C)(C)C1)C(=O)O. The monoisotopic (exact) mass is 255 g/mol. The van der Waals surface area contributed by atoms with Gasteiger partial charge in [-0.3, -0.25) is 4.79 Å². The second-order valence-electron chi connectivity index (χ2n) is 7.75. The van der Waals surface area contributed by atoms with Crippen LogP contribution in [0.2, 0.25) is 0 Å². The van der Waals surface area contributed by atoms with Crippen LogP contribution in [0, 0.1) is 16.7 Å². The minimum absolute atomic E-state index is 0.289. The van der Waals surface area contributed by atoms with Crippen LogP contribution in [0.3, 0.4) is 0 Å². The molecule has 3 nitrogen and oxygen atoms in total. The van der Waals surface area contributed by atoms with Crippen molar-refractivity contribution in [1.29, 1.82) is 0 Å². The normalized spacial score (nSPS) is 25.1. The van der Waals surface area contributed by atoms with Gasteiger partial charge in [-0.05, 0) is 37.1 Å². The lowest BCUT2D eigenvalue weighted by Crippen LogP contribution is -2.46. The maximum Gasteiger partial charge on any atom is 0.307 e. The summed E-state index contributed by atoms with van der Waals surface area (Å²) in [5.74, 6) is -0.987. The Bertz CT molecular complexity index is 294. The number of nitrogens with zero attached hydrogens (tertiary/aromatic N) is 1. The molecule has 0 aromatic carbocycles. The minimum Gasteiger partial charge on any atom is -0.481 e. The highest BCUT2D eigenvalue weighted by atomic mass is 16.4. The maximum atomic E-state index is 10.9. The minimum atomic E-state index is -0.698. The Kier molecular flexibility index (Phi) is 4.47. The number of rotatable bonds is 4. The lowest BCUT2D eigenvalue weighted by Gasteiger charge is -2.48. The molecular formula is C15H29NO2. The Labute approximate surface area is 112 Å². The van der Waals surface area contributed by atoms with E-state index in [9.17, 15) is 4.79 Å². The highest BCUT2D eigenvalue weighted by molar-refractivity contribution is 5.69. The summed E-state index contributed by atoms with van der Waals surface area (Å²) in [5.41, 5.74) is 0.709. The summed E-state index contributed by atoms with van der Waals surface area (Å²) in [6.07, 6.45) is 3.58. The molecule has 1 fully saturated rings. The topological polar surface area (TPSA) is 40.5 Å². The molecule has 1 unspecified atom stereocenters. The van der Waals surface area contributed by atoms with Gasteiger partial charge >= 0.3 is 5.97 Å². The average molecular weight is 255 g/mol. The first kappa shape index (κ1) is 15.5. The Hall–Kier alpha value is -0.570. The molecule has 1 N–H and O–H groups in total. The smallest absolute Gasteiger partial charge is 0.307 e.